The van der Waals surface area contributed by atoms with Crippen molar-refractivity contribution in [2.75, 3.05) is 20.4 Å². The number of nitrogens with zero attached hydrogens (tertiary/aromatic N) is 2. The maximum atomic E-state index is 13.9. The predicted molar refractivity (Wildman–Crippen MR) is 128 cm³/mol. The fourth-order valence-corrected chi connectivity index (χ4v) is 7.33. The van der Waals surface area contributed by atoms with E-state index in [2.05, 4.69) is 0 Å². The highest BCUT2D eigenvalue weighted by molar-refractivity contribution is 7.89. The number of hydrogen-bond donors (Lipinski definition) is 0. The molecule has 3 aliphatic rings. The highest BCUT2D eigenvalue weighted by Crippen LogP contribution is 2.53. The van der Waals surface area contributed by atoms with E-state index in [4.69, 9.17) is 14.2 Å². The summed E-state index contributed by atoms with van der Waals surface area (Å²) in [6.45, 7) is 1.82. The van der Waals surface area contributed by atoms with Crippen molar-refractivity contribution in [3.05, 3.63) is 81.4 Å². The Morgan fingerprint density at radius 2 is 1.97 bits per heavy atom. The summed E-state index contributed by atoms with van der Waals surface area (Å²) in [6.07, 6.45) is 6.78. The van der Waals surface area contributed by atoms with Gasteiger partial charge in [-0.15, -0.1) is 0 Å². The van der Waals surface area contributed by atoms with Gasteiger partial charge in [-0.1, -0.05) is 30.4 Å². The van der Waals surface area contributed by atoms with E-state index in [-0.39, 0.29) is 23.8 Å². The lowest BCUT2D eigenvalue weighted by Gasteiger charge is -2.39. The molecule has 2 aliphatic heterocycles. The summed E-state index contributed by atoms with van der Waals surface area (Å²) in [7, 11) is -3.00. The minimum atomic E-state index is -4.28. The minimum Gasteiger partial charge on any atom is -0.465 e. The van der Waals surface area contributed by atoms with Crippen LogP contribution in [0.4, 0.5) is 5.69 Å². The Labute approximate surface area is 208 Å². The van der Waals surface area contributed by atoms with E-state index >= 15 is 0 Å². The molecule has 36 heavy (non-hydrogen) atoms. The van der Waals surface area contributed by atoms with Crippen LogP contribution in [-0.4, -0.2) is 50.1 Å². The first kappa shape index (κ1) is 24.0. The highest BCUT2D eigenvalue weighted by atomic mass is 32.2. The number of carbonyl (C=O) groups excluding carboxylic acids is 1. The van der Waals surface area contributed by atoms with Crippen molar-refractivity contribution in [2.45, 2.75) is 36.1 Å². The Morgan fingerprint density at radius 1 is 1.25 bits per heavy atom. The van der Waals surface area contributed by atoms with Crippen molar-refractivity contribution in [1.82, 2.24) is 4.31 Å². The number of sulfonamides is 1. The van der Waals surface area contributed by atoms with Gasteiger partial charge in [0.15, 0.2) is 16.4 Å². The monoisotopic (exact) mass is 512 g/mol. The molecule has 0 spiro atoms. The van der Waals surface area contributed by atoms with Crippen LogP contribution in [0.25, 0.3) is 0 Å². The summed E-state index contributed by atoms with van der Waals surface area (Å²) in [5, 5.41) is 11.7. The zero-order valence-corrected chi connectivity index (χ0v) is 20.5. The molecular formula is C25H24N2O8S. The van der Waals surface area contributed by atoms with Gasteiger partial charge in [0.1, 0.15) is 0 Å². The molecular weight excluding hydrogens is 488 g/mol. The van der Waals surface area contributed by atoms with Crippen molar-refractivity contribution >= 4 is 21.7 Å². The number of carbonyl (C=O) groups is 1. The molecule has 0 saturated carbocycles. The van der Waals surface area contributed by atoms with Crippen LogP contribution in [0.5, 0.6) is 11.5 Å². The molecule has 0 N–H and O–H groups in total. The van der Waals surface area contributed by atoms with Crippen molar-refractivity contribution in [3.63, 3.8) is 0 Å². The summed E-state index contributed by atoms with van der Waals surface area (Å²) < 4.78 is 45.3. The predicted octanol–water partition coefficient (Wildman–Crippen LogP) is 3.72. The maximum absolute atomic E-state index is 13.9. The Morgan fingerprint density at radius 3 is 2.67 bits per heavy atom. The molecule has 11 heteroatoms. The van der Waals surface area contributed by atoms with Gasteiger partial charge in [-0.05, 0) is 49.1 Å². The van der Waals surface area contributed by atoms with Crippen LogP contribution in [0.1, 0.15) is 35.7 Å². The number of fused-ring (bicyclic) bond motifs is 2. The summed E-state index contributed by atoms with van der Waals surface area (Å²) >= 11 is 0. The topological polar surface area (TPSA) is 125 Å². The van der Waals surface area contributed by atoms with Crippen LogP contribution in [0, 0.1) is 10.1 Å². The number of nitro groups is 1. The van der Waals surface area contributed by atoms with Gasteiger partial charge < -0.3 is 14.2 Å². The lowest BCUT2D eigenvalue weighted by molar-refractivity contribution is -0.387. The van der Waals surface area contributed by atoms with Gasteiger partial charge in [0, 0.05) is 18.7 Å². The molecule has 1 saturated heterocycles. The van der Waals surface area contributed by atoms with Crippen molar-refractivity contribution < 1.29 is 32.3 Å². The number of rotatable bonds is 5. The molecule has 0 aromatic heterocycles. The lowest BCUT2D eigenvalue weighted by Crippen LogP contribution is -2.46. The van der Waals surface area contributed by atoms with Gasteiger partial charge in [0.2, 0.25) is 6.79 Å². The van der Waals surface area contributed by atoms with Gasteiger partial charge in [0.05, 0.1) is 23.0 Å². The van der Waals surface area contributed by atoms with Crippen LogP contribution in [0.3, 0.4) is 0 Å². The molecule has 188 valence electrons. The molecule has 2 atom stereocenters. The van der Waals surface area contributed by atoms with E-state index in [0.29, 0.717) is 29.9 Å². The molecule has 2 aromatic carbocycles. The minimum absolute atomic E-state index is 0.000318. The van der Waals surface area contributed by atoms with Gasteiger partial charge in [0.25, 0.3) is 15.7 Å². The molecule has 10 nitrogen and oxygen atoms in total. The zero-order chi connectivity index (χ0) is 25.7. The van der Waals surface area contributed by atoms with E-state index in [1.165, 1.54) is 35.7 Å². The van der Waals surface area contributed by atoms with Crippen LogP contribution >= 0.6 is 0 Å². The fraction of sp³-hybridized carbons (Fsp3) is 0.320. The molecule has 1 aliphatic carbocycles. The summed E-state index contributed by atoms with van der Waals surface area (Å²) in [6, 6.07) is 7.96. The van der Waals surface area contributed by atoms with Gasteiger partial charge in [-0.2, -0.15) is 4.31 Å². The number of nitro benzene ring substituents is 1. The standard InChI is InChI=1S/C25H24N2O8S/c1-3-16-14-26(36(31,32)22-9-5-4-8-19(22)27(29)30)23-10-6-7-11-25(16,23)18-13-21-20(34-15-35-21)12-17(18)24(28)33-2/h3-5,7-9,11-13,23H,6,10,14-15H2,1-2H3/b16-3+. The van der Waals surface area contributed by atoms with E-state index in [1.54, 1.807) is 12.1 Å². The summed E-state index contributed by atoms with van der Waals surface area (Å²) in [5.74, 6) is 0.252. The second-order valence-electron chi connectivity index (χ2n) is 8.70. The average molecular weight is 513 g/mol. The first-order chi connectivity index (χ1) is 17.3. The second kappa shape index (κ2) is 8.75. The summed E-state index contributed by atoms with van der Waals surface area (Å²) in [4.78, 5) is 23.5. The number of hydrogen-bond acceptors (Lipinski definition) is 8. The molecule has 5 rings (SSSR count). The molecule has 2 aromatic rings. The molecule has 2 heterocycles. The van der Waals surface area contributed by atoms with Crippen LogP contribution in [0.2, 0.25) is 0 Å². The number of benzene rings is 2. The third-order valence-corrected chi connectivity index (χ3v) is 8.98. The van der Waals surface area contributed by atoms with E-state index in [1.807, 2.05) is 25.2 Å². The van der Waals surface area contributed by atoms with Gasteiger partial charge in [-0.3, -0.25) is 10.1 Å². The van der Waals surface area contributed by atoms with Crippen molar-refractivity contribution in [2.24, 2.45) is 0 Å². The zero-order valence-electron chi connectivity index (χ0n) is 19.7. The molecule has 0 bridgehead atoms. The van der Waals surface area contributed by atoms with E-state index < -0.39 is 38.1 Å². The number of ether oxygens (including phenoxy) is 3. The average Bonchev–Trinajstić information content (AvgIpc) is 3.50. The number of para-hydroxylation sites is 1. The number of esters is 1. The van der Waals surface area contributed by atoms with Crippen LogP contribution < -0.4 is 9.47 Å². The smallest absolute Gasteiger partial charge is 0.338 e. The molecule has 2 unspecified atom stereocenters. The fourth-order valence-electron chi connectivity index (χ4n) is 5.50. The summed E-state index contributed by atoms with van der Waals surface area (Å²) in [5.41, 5.74) is 0.0283. The molecule has 0 radical (unpaired) electrons. The molecule has 1 fully saturated rings. The number of allylic oxidation sites excluding steroid dienone is 2. The highest BCUT2D eigenvalue weighted by Gasteiger charge is 2.56. The van der Waals surface area contributed by atoms with Gasteiger partial charge in [-0.25, -0.2) is 13.2 Å². The third-order valence-electron chi connectivity index (χ3n) is 7.08. The maximum Gasteiger partial charge on any atom is 0.338 e. The van der Waals surface area contributed by atoms with Crippen molar-refractivity contribution in [1.29, 1.82) is 0 Å². The Kier molecular flexibility index (Phi) is 5.84. The SMILES string of the molecule is C/C=C1\CN(S(=O)(=O)c2ccccc2[N+](=O)[O-])C2CCC=CC12c1cc2c(cc1C(=O)OC)OCO2. The Bertz CT molecular complexity index is 1430. The normalized spacial score (nSPS) is 24.1. The Balaban J connectivity index is 1.74. The van der Waals surface area contributed by atoms with Gasteiger partial charge >= 0.3 is 5.97 Å². The van der Waals surface area contributed by atoms with Crippen LogP contribution in [-0.2, 0) is 20.2 Å². The molecule has 0 amide bonds. The van der Waals surface area contributed by atoms with Crippen LogP contribution in [0.15, 0.2) is 65.1 Å². The lowest BCUT2D eigenvalue weighted by atomic mass is 9.66. The third kappa shape index (κ3) is 3.41. The quantitative estimate of drug-likeness (QED) is 0.257. The Hall–Kier alpha value is -3.70. The first-order valence-electron chi connectivity index (χ1n) is 11.4. The van der Waals surface area contributed by atoms with E-state index in [0.717, 1.165) is 5.57 Å². The number of methoxy groups -OCH3 is 1. The van der Waals surface area contributed by atoms with E-state index in [9.17, 15) is 23.3 Å². The van der Waals surface area contributed by atoms with Crippen molar-refractivity contribution in [3.8, 4) is 11.5 Å². The first-order valence-corrected chi connectivity index (χ1v) is 12.8. The largest absolute Gasteiger partial charge is 0.465 e. The second-order valence-corrected chi connectivity index (χ2v) is 10.6.